The number of nitrogens with zero attached hydrogens (tertiary/aromatic N) is 2. The van der Waals surface area contributed by atoms with Gasteiger partial charge in [0.1, 0.15) is 0 Å². The average Bonchev–Trinajstić information content (AvgIpc) is 3.15. The highest BCUT2D eigenvalue weighted by Gasteiger charge is 2.26. The molecule has 0 atom stereocenters. The van der Waals surface area contributed by atoms with Crippen LogP contribution in [-0.4, -0.2) is 37.6 Å². The summed E-state index contributed by atoms with van der Waals surface area (Å²) in [5, 5.41) is 0. The Labute approximate surface area is 104 Å². The second-order valence-electron chi connectivity index (χ2n) is 5.57. The summed E-state index contributed by atoms with van der Waals surface area (Å²) >= 11 is 0. The summed E-state index contributed by atoms with van der Waals surface area (Å²) in [6, 6.07) is 8.94. The Morgan fingerprint density at radius 1 is 1.00 bits per heavy atom. The number of hydrogen-bond acceptors (Lipinski definition) is 2. The molecule has 3 rings (SSSR count). The van der Waals surface area contributed by atoms with Crippen LogP contribution in [0.2, 0.25) is 0 Å². The third-order valence-electron chi connectivity index (χ3n) is 3.98. The van der Waals surface area contributed by atoms with Gasteiger partial charge in [-0.3, -0.25) is 4.90 Å². The van der Waals surface area contributed by atoms with E-state index in [1.54, 1.807) is 0 Å². The van der Waals surface area contributed by atoms with E-state index in [0.717, 1.165) is 5.92 Å². The fourth-order valence-corrected chi connectivity index (χ4v) is 2.61. The third kappa shape index (κ3) is 2.81. The van der Waals surface area contributed by atoms with E-state index in [0.29, 0.717) is 0 Å². The number of benzene rings is 1. The molecule has 1 saturated heterocycles. The smallest absolute Gasteiger partial charge is 0.0367 e. The molecule has 0 amide bonds. The summed E-state index contributed by atoms with van der Waals surface area (Å²) in [4.78, 5) is 5.16. The van der Waals surface area contributed by atoms with Crippen LogP contribution in [0.4, 0.5) is 5.69 Å². The van der Waals surface area contributed by atoms with Crippen LogP contribution in [0.25, 0.3) is 0 Å². The molecular weight excluding hydrogens is 208 g/mol. The van der Waals surface area contributed by atoms with Crippen molar-refractivity contribution in [3.05, 3.63) is 29.8 Å². The zero-order valence-electron chi connectivity index (χ0n) is 10.7. The first-order valence-electron chi connectivity index (χ1n) is 6.85. The average molecular weight is 230 g/mol. The molecule has 17 heavy (non-hydrogen) atoms. The molecular formula is C15H22N2. The molecule has 0 unspecified atom stereocenters. The van der Waals surface area contributed by atoms with E-state index in [4.69, 9.17) is 0 Å². The Balaban J connectivity index is 1.54. The topological polar surface area (TPSA) is 6.48 Å². The molecule has 0 radical (unpaired) electrons. The van der Waals surface area contributed by atoms with Crippen LogP contribution in [-0.2, 0) is 0 Å². The quantitative estimate of drug-likeness (QED) is 0.787. The maximum absolute atomic E-state index is 2.64. The van der Waals surface area contributed by atoms with Gasteiger partial charge in [0.05, 0.1) is 0 Å². The summed E-state index contributed by atoms with van der Waals surface area (Å²) in [5.41, 5.74) is 2.74. The second kappa shape index (κ2) is 4.69. The molecule has 1 saturated carbocycles. The lowest BCUT2D eigenvalue weighted by Gasteiger charge is -2.36. The molecule has 1 aromatic carbocycles. The van der Waals surface area contributed by atoms with Crippen molar-refractivity contribution in [2.24, 2.45) is 5.92 Å². The van der Waals surface area contributed by atoms with Crippen molar-refractivity contribution in [1.82, 2.24) is 4.90 Å². The van der Waals surface area contributed by atoms with Crippen molar-refractivity contribution in [3.8, 4) is 0 Å². The third-order valence-corrected chi connectivity index (χ3v) is 3.98. The second-order valence-corrected chi connectivity index (χ2v) is 5.57. The highest BCUT2D eigenvalue weighted by atomic mass is 15.3. The highest BCUT2D eigenvalue weighted by molar-refractivity contribution is 5.47. The van der Waals surface area contributed by atoms with Crippen molar-refractivity contribution in [3.63, 3.8) is 0 Å². The van der Waals surface area contributed by atoms with Gasteiger partial charge >= 0.3 is 0 Å². The minimum absolute atomic E-state index is 1.03. The van der Waals surface area contributed by atoms with Gasteiger partial charge in [0, 0.05) is 38.4 Å². The van der Waals surface area contributed by atoms with Crippen LogP contribution >= 0.6 is 0 Å². The van der Waals surface area contributed by atoms with Crippen LogP contribution in [0.3, 0.4) is 0 Å². The zero-order chi connectivity index (χ0) is 11.7. The van der Waals surface area contributed by atoms with Gasteiger partial charge in [0.15, 0.2) is 0 Å². The maximum atomic E-state index is 2.64. The number of piperazine rings is 1. The SMILES string of the molecule is Cc1ccc(N2CCN(CC3CC3)CC2)cc1. The maximum Gasteiger partial charge on any atom is 0.0367 e. The molecule has 92 valence electrons. The highest BCUT2D eigenvalue weighted by Crippen LogP contribution is 2.30. The van der Waals surface area contributed by atoms with E-state index in [1.807, 2.05) is 0 Å². The van der Waals surface area contributed by atoms with Gasteiger partial charge in [-0.2, -0.15) is 0 Å². The fourth-order valence-electron chi connectivity index (χ4n) is 2.61. The predicted octanol–water partition coefficient (Wildman–Crippen LogP) is 2.53. The summed E-state index contributed by atoms with van der Waals surface area (Å²) in [6.45, 7) is 8.36. The number of anilines is 1. The lowest BCUT2D eigenvalue weighted by molar-refractivity contribution is 0.248. The first-order valence-corrected chi connectivity index (χ1v) is 6.85. The monoisotopic (exact) mass is 230 g/mol. The normalized spacial score (nSPS) is 21.8. The minimum atomic E-state index is 1.03. The van der Waals surface area contributed by atoms with Gasteiger partial charge in [-0.05, 0) is 37.8 Å². The van der Waals surface area contributed by atoms with Gasteiger partial charge in [0.2, 0.25) is 0 Å². The zero-order valence-corrected chi connectivity index (χ0v) is 10.7. The lowest BCUT2D eigenvalue weighted by atomic mass is 10.2. The van der Waals surface area contributed by atoms with E-state index < -0.39 is 0 Å². The standard InChI is InChI=1S/C15H22N2/c1-13-2-6-15(7-3-13)17-10-8-16(9-11-17)12-14-4-5-14/h2-3,6-7,14H,4-5,8-12H2,1H3. The van der Waals surface area contributed by atoms with E-state index in [-0.39, 0.29) is 0 Å². The Morgan fingerprint density at radius 2 is 1.65 bits per heavy atom. The molecule has 0 N–H and O–H groups in total. The number of hydrogen-bond donors (Lipinski definition) is 0. The summed E-state index contributed by atoms with van der Waals surface area (Å²) < 4.78 is 0. The fraction of sp³-hybridized carbons (Fsp3) is 0.600. The van der Waals surface area contributed by atoms with Crippen LogP contribution in [0.1, 0.15) is 18.4 Å². The summed E-state index contributed by atoms with van der Waals surface area (Å²) in [6.07, 6.45) is 2.94. The largest absolute Gasteiger partial charge is 0.369 e. The first-order chi connectivity index (χ1) is 8.31. The Bertz CT molecular complexity index is 359. The molecule has 1 aliphatic heterocycles. The van der Waals surface area contributed by atoms with Crippen molar-refractivity contribution < 1.29 is 0 Å². The van der Waals surface area contributed by atoms with Gasteiger partial charge in [-0.25, -0.2) is 0 Å². The Kier molecular flexibility index (Phi) is 3.06. The molecule has 2 fully saturated rings. The van der Waals surface area contributed by atoms with Gasteiger partial charge in [-0.15, -0.1) is 0 Å². The molecule has 0 bridgehead atoms. The van der Waals surface area contributed by atoms with Crippen LogP contribution < -0.4 is 4.90 Å². The molecule has 0 aromatic heterocycles. The molecule has 1 heterocycles. The van der Waals surface area contributed by atoms with Crippen molar-refractivity contribution in [1.29, 1.82) is 0 Å². The van der Waals surface area contributed by atoms with Gasteiger partial charge in [0.25, 0.3) is 0 Å². The number of rotatable bonds is 3. The molecule has 0 spiro atoms. The Morgan fingerprint density at radius 3 is 2.24 bits per heavy atom. The molecule has 1 aliphatic carbocycles. The Hall–Kier alpha value is -1.02. The summed E-state index contributed by atoms with van der Waals surface area (Å²) in [7, 11) is 0. The van der Waals surface area contributed by atoms with Crippen molar-refractivity contribution in [2.75, 3.05) is 37.6 Å². The van der Waals surface area contributed by atoms with Gasteiger partial charge < -0.3 is 4.90 Å². The van der Waals surface area contributed by atoms with E-state index >= 15 is 0 Å². The van der Waals surface area contributed by atoms with E-state index in [2.05, 4.69) is 41.0 Å². The molecule has 1 aromatic rings. The van der Waals surface area contributed by atoms with E-state index in [1.165, 1.54) is 56.8 Å². The lowest BCUT2D eigenvalue weighted by Crippen LogP contribution is -2.47. The van der Waals surface area contributed by atoms with Crippen molar-refractivity contribution >= 4 is 5.69 Å². The molecule has 2 heteroatoms. The van der Waals surface area contributed by atoms with Crippen LogP contribution in [0, 0.1) is 12.8 Å². The predicted molar refractivity (Wildman–Crippen MR) is 72.6 cm³/mol. The first kappa shape index (κ1) is 11.1. The van der Waals surface area contributed by atoms with Crippen LogP contribution in [0.5, 0.6) is 0 Å². The minimum Gasteiger partial charge on any atom is -0.369 e. The van der Waals surface area contributed by atoms with Crippen molar-refractivity contribution in [2.45, 2.75) is 19.8 Å². The van der Waals surface area contributed by atoms with E-state index in [9.17, 15) is 0 Å². The molecule has 2 aliphatic rings. The summed E-state index contributed by atoms with van der Waals surface area (Å²) in [5.74, 6) is 1.03. The number of aryl methyl sites for hydroxylation is 1. The molecule has 2 nitrogen and oxygen atoms in total. The van der Waals surface area contributed by atoms with Crippen LogP contribution in [0.15, 0.2) is 24.3 Å². The van der Waals surface area contributed by atoms with Gasteiger partial charge in [-0.1, -0.05) is 17.7 Å².